The first-order valence-electron chi connectivity index (χ1n) is 13.5. The molecule has 0 radical (unpaired) electrons. The standard InChI is InChI=1S/C32H32ClFN4O2S/c1-4-38(5-2)28(19-41-3)31-14-13-29(40-31)22-9-11-27-25(16-22)32(36-20-35-27)37-24-10-12-30(26(33)17-24)39-18-21-7-6-8-23(34)15-21/h6-17,20,28H,4-5,18-19H2,1-3H3,(H,35,36,37). The second-order valence-electron chi connectivity index (χ2n) is 9.54. The van der Waals surface area contributed by atoms with E-state index in [1.807, 2.05) is 42.1 Å². The molecule has 1 N–H and O–H groups in total. The number of hydrogen-bond donors (Lipinski definition) is 1. The van der Waals surface area contributed by atoms with Crippen LogP contribution in [-0.4, -0.2) is 40.0 Å². The van der Waals surface area contributed by atoms with E-state index in [9.17, 15) is 4.39 Å². The fraction of sp³-hybridized carbons (Fsp3) is 0.250. The van der Waals surface area contributed by atoms with E-state index in [2.05, 4.69) is 46.4 Å². The van der Waals surface area contributed by atoms with Gasteiger partial charge in [0, 0.05) is 22.4 Å². The summed E-state index contributed by atoms with van der Waals surface area (Å²) in [5, 5.41) is 4.65. The van der Waals surface area contributed by atoms with Gasteiger partial charge in [-0.15, -0.1) is 0 Å². The molecule has 1 atom stereocenters. The second-order valence-corrected chi connectivity index (χ2v) is 10.9. The van der Waals surface area contributed by atoms with Crippen LogP contribution in [0.15, 0.2) is 83.5 Å². The van der Waals surface area contributed by atoms with Crippen molar-refractivity contribution in [1.82, 2.24) is 14.9 Å². The first kappa shape index (κ1) is 28.9. The number of nitrogens with one attached hydrogen (secondary N) is 1. The highest BCUT2D eigenvalue weighted by Gasteiger charge is 2.21. The van der Waals surface area contributed by atoms with Crippen molar-refractivity contribution >= 4 is 45.8 Å². The SMILES string of the molecule is CCN(CC)C(CSC)c1ccc(-c2ccc3ncnc(Nc4ccc(OCc5cccc(F)c5)c(Cl)c4)c3c2)o1. The lowest BCUT2D eigenvalue weighted by molar-refractivity contribution is 0.212. The lowest BCUT2D eigenvalue weighted by Crippen LogP contribution is -2.29. The van der Waals surface area contributed by atoms with Crippen molar-refractivity contribution in [3.63, 3.8) is 0 Å². The summed E-state index contributed by atoms with van der Waals surface area (Å²) in [4.78, 5) is 11.4. The molecular formula is C32H32ClFN4O2S. The van der Waals surface area contributed by atoms with E-state index in [1.165, 1.54) is 18.5 Å². The minimum atomic E-state index is -0.302. The molecule has 0 saturated heterocycles. The molecule has 0 aliphatic carbocycles. The topological polar surface area (TPSA) is 63.4 Å². The summed E-state index contributed by atoms with van der Waals surface area (Å²) >= 11 is 8.34. The smallest absolute Gasteiger partial charge is 0.141 e. The highest BCUT2D eigenvalue weighted by atomic mass is 35.5. The third-order valence-corrected chi connectivity index (χ3v) is 7.88. The summed E-state index contributed by atoms with van der Waals surface area (Å²) in [6.07, 6.45) is 3.66. The summed E-state index contributed by atoms with van der Waals surface area (Å²) in [6.45, 7) is 6.50. The quantitative estimate of drug-likeness (QED) is 0.156. The summed E-state index contributed by atoms with van der Waals surface area (Å²) in [5.74, 6) is 3.59. The van der Waals surface area contributed by atoms with Crippen LogP contribution >= 0.6 is 23.4 Å². The van der Waals surface area contributed by atoms with Gasteiger partial charge in [0.15, 0.2) is 0 Å². The number of nitrogens with zero attached hydrogens (tertiary/aromatic N) is 3. The molecule has 1 unspecified atom stereocenters. The van der Waals surface area contributed by atoms with Gasteiger partial charge in [-0.25, -0.2) is 14.4 Å². The molecule has 0 fully saturated rings. The molecule has 5 rings (SSSR count). The van der Waals surface area contributed by atoms with Crippen molar-refractivity contribution < 1.29 is 13.5 Å². The van der Waals surface area contributed by atoms with Gasteiger partial charge in [-0.05, 0) is 85.6 Å². The number of rotatable bonds is 12. The number of fused-ring (bicyclic) bond motifs is 1. The Morgan fingerprint density at radius 1 is 1.02 bits per heavy atom. The van der Waals surface area contributed by atoms with E-state index in [-0.39, 0.29) is 18.5 Å². The first-order chi connectivity index (χ1) is 20.0. The van der Waals surface area contributed by atoms with Crippen LogP contribution in [0.3, 0.4) is 0 Å². The highest BCUT2D eigenvalue weighted by Crippen LogP contribution is 2.34. The zero-order valence-corrected chi connectivity index (χ0v) is 24.8. The molecule has 0 amide bonds. The van der Waals surface area contributed by atoms with Crippen molar-refractivity contribution in [3.05, 3.63) is 101 Å². The molecule has 6 nitrogen and oxygen atoms in total. The van der Waals surface area contributed by atoms with Gasteiger partial charge in [0.25, 0.3) is 0 Å². The number of hydrogen-bond acceptors (Lipinski definition) is 7. The van der Waals surface area contributed by atoms with Crippen LogP contribution in [0.25, 0.3) is 22.2 Å². The maximum atomic E-state index is 13.5. The number of thioether (sulfide) groups is 1. The van der Waals surface area contributed by atoms with E-state index in [0.29, 0.717) is 16.6 Å². The number of benzene rings is 3. The number of ether oxygens (including phenoxy) is 1. The molecule has 2 aromatic heterocycles. The third-order valence-electron chi connectivity index (χ3n) is 6.93. The zero-order valence-electron chi connectivity index (χ0n) is 23.2. The van der Waals surface area contributed by atoms with Gasteiger partial charge in [-0.1, -0.05) is 37.6 Å². The average Bonchev–Trinajstić information content (AvgIpc) is 3.47. The van der Waals surface area contributed by atoms with Crippen LogP contribution in [0.4, 0.5) is 15.9 Å². The van der Waals surface area contributed by atoms with E-state index in [4.69, 9.17) is 20.8 Å². The van der Waals surface area contributed by atoms with Crippen molar-refractivity contribution in [2.75, 3.05) is 30.4 Å². The average molecular weight is 591 g/mol. The van der Waals surface area contributed by atoms with Crippen molar-refractivity contribution in [1.29, 1.82) is 0 Å². The molecule has 212 valence electrons. The largest absolute Gasteiger partial charge is 0.487 e. The lowest BCUT2D eigenvalue weighted by Gasteiger charge is -2.27. The van der Waals surface area contributed by atoms with Gasteiger partial charge in [0.2, 0.25) is 0 Å². The van der Waals surface area contributed by atoms with Crippen LogP contribution in [-0.2, 0) is 6.61 Å². The minimum Gasteiger partial charge on any atom is -0.487 e. The monoisotopic (exact) mass is 590 g/mol. The van der Waals surface area contributed by atoms with Crippen LogP contribution in [0.2, 0.25) is 5.02 Å². The zero-order chi connectivity index (χ0) is 28.8. The Morgan fingerprint density at radius 2 is 1.88 bits per heavy atom. The van der Waals surface area contributed by atoms with Gasteiger partial charge in [0.1, 0.15) is 41.8 Å². The highest BCUT2D eigenvalue weighted by molar-refractivity contribution is 7.98. The molecule has 0 saturated carbocycles. The molecule has 5 aromatic rings. The lowest BCUT2D eigenvalue weighted by atomic mass is 10.1. The van der Waals surface area contributed by atoms with Gasteiger partial charge in [-0.3, -0.25) is 4.90 Å². The summed E-state index contributed by atoms with van der Waals surface area (Å²) < 4.78 is 25.7. The molecule has 41 heavy (non-hydrogen) atoms. The molecule has 0 bridgehead atoms. The Labute approximate surface area is 248 Å². The molecule has 0 aliphatic rings. The number of aromatic nitrogens is 2. The number of furan rings is 1. The molecular weight excluding hydrogens is 559 g/mol. The number of anilines is 2. The molecule has 3 aromatic carbocycles. The molecule has 0 aliphatic heterocycles. The normalized spacial score (nSPS) is 12.1. The van der Waals surface area contributed by atoms with E-state index >= 15 is 0 Å². The number of halogens is 2. The van der Waals surface area contributed by atoms with Crippen molar-refractivity contribution in [2.45, 2.75) is 26.5 Å². The van der Waals surface area contributed by atoms with Gasteiger partial charge < -0.3 is 14.5 Å². The van der Waals surface area contributed by atoms with Crippen LogP contribution in [0, 0.1) is 5.82 Å². The third kappa shape index (κ3) is 6.84. The summed E-state index contributed by atoms with van der Waals surface area (Å²) in [7, 11) is 0. The molecule has 0 spiro atoms. The Morgan fingerprint density at radius 3 is 2.63 bits per heavy atom. The Balaban J connectivity index is 1.37. The maximum Gasteiger partial charge on any atom is 0.141 e. The van der Waals surface area contributed by atoms with Gasteiger partial charge in [0.05, 0.1) is 16.6 Å². The second kappa shape index (κ2) is 13.4. The Hall–Kier alpha value is -3.59. The fourth-order valence-electron chi connectivity index (χ4n) is 4.81. The van der Waals surface area contributed by atoms with Crippen molar-refractivity contribution in [2.24, 2.45) is 0 Å². The Bertz CT molecular complexity index is 1620. The molecule has 9 heteroatoms. The van der Waals surface area contributed by atoms with Gasteiger partial charge in [-0.2, -0.15) is 11.8 Å². The van der Waals surface area contributed by atoms with Crippen LogP contribution in [0.5, 0.6) is 5.75 Å². The molecule has 2 heterocycles. The predicted octanol–water partition coefficient (Wildman–Crippen LogP) is 8.75. The van der Waals surface area contributed by atoms with E-state index < -0.39 is 0 Å². The van der Waals surface area contributed by atoms with Gasteiger partial charge >= 0.3 is 0 Å². The fourth-order valence-corrected chi connectivity index (χ4v) is 5.73. The maximum absolute atomic E-state index is 13.5. The van der Waals surface area contributed by atoms with E-state index in [1.54, 1.807) is 24.3 Å². The minimum absolute atomic E-state index is 0.213. The Kier molecular flexibility index (Phi) is 9.44. The summed E-state index contributed by atoms with van der Waals surface area (Å²) in [5.41, 5.74) is 3.23. The van der Waals surface area contributed by atoms with E-state index in [0.717, 1.165) is 58.1 Å². The summed E-state index contributed by atoms with van der Waals surface area (Å²) in [6, 6.07) is 22.1. The van der Waals surface area contributed by atoms with Crippen LogP contribution in [0.1, 0.15) is 31.2 Å². The predicted molar refractivity (Wildman–Crippen MR) is 167 cm³/mol. The first-order valence-corrected chi connectivity index (χ1v) is 15.3. The van der Waals surface area contributed by atoms with Crippen LogP contribution < -0.4 is 10.1 Å². The van der Waals surface area contributed by atoms with Crippen molar-refractivity contribution in [3.8, 4) is 17.1 Å².